The summed E-state index contributed by atoms with van der Waals surface area (Å²) in [7, 11) is 3.51. The van der Waals surface area contributed by atoms with Gasteiger partial charge in [-0.15, -0.1) is 0 Å². The lowest BCUT2D eigenvalue weighted by atomic mass is 9.77. The van der Waals surface area contributed by atoms with Crippen molar-refractivity contribution in [3.63, 3.8) is 0 Å². The Morgan fingerprint density at radius 2 is 1.92 bits per heavy atom. The fourth-order valence-corrected chi connectivity index (χ4v) is 3.67. The molecule has 0 amide bonds. The quantitative estimate of drug-likeness (QED) is 0.569. The molecule has 2 aliphatic rings. The first kappa shape index (κ1) is 17.3. The fourth-order valence-electron chi connectivity index (χ4n) is 3.67. The molecule has 5 heteroatoms. The van der Waals surface area contributed by atoms with E-state index in [2.05, 4.69) is 34.9 Å². The van der Waals surface area contributed by atoms with E-state index in [1.165, 1.54) is 25.2 Å². The van der Waals surface area contributed by atoms with Gasteiger partial charge in [-0.05, 0) is 48.2 Å². The second-order valence-electron chi connectivity index (χ2n) is 6.49. The standard InChI is InChI=1S/C17H17NO2.C3H6O2/c1-18-8-7-10-3-2-4-12-15(10)13(18)9-11-5-6-14(19)17(20)16(11)12;1-3(4)5-2/h2-6,13,19-20H,7-9H2,1H3;1-2H3/t13-;/m1./s1. The van der Waals surface area contributed by atoms with Gasteiger partial charge in [-0.25, -0.2) is 0 Å². The van der Waals surface area contributed by atoms with Crippen molar-refractivity contribution in [3.05, 3.63) is 47.0 Å². The summed E-state index contributed by atoms with van der Waals surface area (Å²) in [6, 6.07) is 10.2. The van der Waals surface area contributed by atoms with E-state index in [0.29, 0.717) is 6.04 Å². The summed E-state index contributed by atoms with van der Waals surface area (Å²) in [6.07, 6.45) is 1.94. The molecule has 0 saturated carbocycles. The molecule has 2 aromatic carbocycles. The van der Waals surface area contributed by atoms with Crippen LogP contribution in [0.3, 0.4) is 0 Å². The third-order valence-corrected chi connectivity index (χ3v) is 5.01. The Hall–Kier alpha value is -2.53. The molecule has 1 aliphatic heterocycles. The second kappa shape index (κ2) is 6.76. The Labute approximate surface area is 147 Å². The number of hydrogen-bond acceptors (Lipinski definition) is 5. The smallest absolute Gasteiger partial charge is 0.302 e. The number of fused-ring (bicyclic) bond motifs is 2. The molecular weight excluding hydrogens is 318 g/mol. The number of rotatable bonds is 0. The maximum atomic E-state index is 10.3. The molecule has 1 aliphatic carbocycles. The van der Waals surface area contributed by atoms with E-state index >= 15 is 0 Å². The van der Waals surface area contributed by atoms with Crippen LogP contribution in [0.1, 0.15) is 29.7 Å². The van der Waals surface area contributed by atoms with E-state index in [1.807, 2.05) is 6.07 Å². The lowest BCUT2D eigenvalue weighted by Gasteiger charge is -2.39. The number of phenolic OH excluding ortho intramolecular Hbond substituents is 2. The average molecular weight is 341 g/mol. The Morgan fingerprint density at radius 1 is 1.20 bits per heavy atom. The van der Waals surface area contributed by atoms with Gasteiger partial charge in [-0.1, -0.05) is 24.3 Å². The van der Waals surface area contributed by atoms with E-state index < -0.39 is 0 Å². The molecule has 0 saturated heterocycles. The number of ether oxygens (including phenoxy) is 1. The van der Waals surface area contributed by atoms with Crippen LogP contribution in [0.25, 0.3) is 11.1 Å². The lowest BCUT2D eigenvalue weighted by Crippen LogP contribution is -2.35. The van der Waals surface area contributed by atoms with Crippen molar-refractivity contribution in [2.24, 2.45) is 0 Å². The molecule has 0 aromatic heterocycles. The first-order chi connectivity index (χ1) is 11.9. The first-order valence-electron chi connectivity index (χ1n) is 8.34. The minimum absolute atomic E-state index is 0.0163. The van der Waals surface area contributed by atoms with Crippen LogP contribution in [0.4, 0.5) is 0 Å². The third kappa shape index (κ3) is 3.07. The highest BCUT2D eigenvalue weighted by atomic mass is 16.5. The Morgan fingerprint density at radius 3 is 2.60 bits per heavy atom. The van der Waals surface area contributed by atoms with E-state index in [1.54, 1.807) is 6.07 Å². The van der Waals surface area contributed by atoms with Crippen molar-refractivity contribution in [2.45, 2.75) is 25.8 Å². The van der Waals surface area contributed by atoms with Gasteiger partial charge >= 0.3 is 5.97 Å². The molecule has 25 heavy (non-hydrogen) atoms. The molecule has 2 aromatic rings. The van der Waals surface area contributed by atoms with Gasteiger partial charge < -0.3 is 14.9 Å². The predicted molar refractivity (Wildman–Crippen MR) is 95.7 cm³/mol. The zero-order chi connectivity index (χ0) is 18.1. The predicted octanol–water partition coefficient (Wildman–Crippen LogP) is 3.03. The highest BCUT2D eigenvalue weighted by molar-refractivity contribution is 5.82. The minimum atomic E-state index is -0.245. The molecule has 5 nitrogen and oxygen atoms in total. The average Bonchev–Trinajstić information content (AvgIpc) is 2.61. The number of carbonyl (C=O) groups excluding carboxylic acids is 1. The number of carbonyl (C=O) groups is 1. The number of nitrogens with zero attached hydrogens (tertiary/aromatic N) is 1. The molecule has 0 unspecified atom stereocenters. The van der Waals surface area contributed by atoms with Crippen molar-refractivity contribution < 1.29 is 19.7 Å². The van der Waals surface area contributed by atoms with Gasteiger partial charge in [0.25, 0.3) is 0 Å². The van der Waals surface area contributed by atoms with E-state index in [9.17, 15) is 15.0 Å². The van der Waals surface area contributed by atoms with Gasteiger partial charge in [0.1, 0.15) is 0 Å². The summed E-state index contributed by atoms with van der Waals surface area (Å²) in [5, 5.41) is 20.1. The molecule has 2 N–H and O–H groups in total. The zero-order valence-corrected chi connectivity index (χ0v) is 14.7. The molecule has 0 bridgehead atoms. The first-order valence-corrected chi connectivity index (χ1v) is 8.34. The highest BCUT2D eigenvalue weighted by Crippen LogP contribution is 2.49. The maximum absolute atomic E-state index is 10.3. The number of phenols is 2. The topological polar surface area (TPSA) is 70.0 Å². The van der Waals surface area contributed by atoms with Crippen LogP contribution in [0.15, 0.2) is 30.3 Å². The monoisotopic (exact) mass is 341 g/mol. The van der Waals surface area contributed by atoms with Crippen LogP contribution in [0.2, 0.25) is 0 Å². The number of esters is 1. The summed E-state index contributed by atoms with van der Waals surface area (Å²) in [6.45, 7) is 2.43. The Bertz CT molecular complexity index is 816. The molecule has 0 radical (unpaired) electrons. The number of methoxy groups -OCH3 is 1. The van der Waals surface area contributed by atoms with Gasteiger partial charge in [0.05, 0.1) is 7.11 Å². The zero-order valence-electron chi connectivity index (χ0n) is 14.7. The maximum Gasteiger partial charge on any atom is 0.302 e. The van der Waals surface area contributed by atoms with Crippen LogP contribution in [-0.2, 0) is 22.4 Å². The summed E-state index contributed by atoms with van der Waals surface area (Å²) in [4.78, 5) is 12.0. The molecule has 132 valence electrons. The summed E-state index contributed by atoms with van der Waals surface area (Å²) in [5.41, 5.74) is 5.71. The summed E-state index contributed by atoms with van der Waals surface area (Å²) >= 11 is 0. The molecule has 1 atom stereocenters. The SMILES string of the molecule is CN1CCc2cccc3c2[C@H]1Cc1ccc(O)c(O)c1-3.COC(C)=O. The van der Waals surface area contributed by atoms with Crippen LogP contribution < -0.4 is 0 Å². The Kier molecular flexibility index (Phi) is 4.68. The summed E-state index contributed by atoms with van der Waals surface area (Å²) in [5.74, 6) is -0.267. The molecule has 1 heterocycles. The van der Waals surface area contributed by atoms with E-state index in [4.69, 9.17) is 0 Å². The second-order valence-corrected chi connectivity index (χ2v) is 6.49. The summed E-state index contributed by atoms with van der Waals surface area (Å²) < 4.78 is 4.11. The third-order valence-electron chi connectivity index (χ3n) is 5.01. The van der Waals surface area contributed by atoms with Gasteiger partial charge in [0.15, 0.2) is 11.5 Å². The van der Waals surface area contributed by atoms with E-state index in [-0.39, 0.29) is 17.5 Å². The normalized spacial score (nSPS) is 17.6. The van der Waals surface area contributed by atoms with Crippen LogP contribution in [-0.4, -0.2) is 41.8 Å². The van der Waals surface area contributed by atoms with Crippen molar-refractivity contribution >= 4 is 5.97 Å². The fraction of sp³-hybridized carbons (Fsp3) is 0.350. The number of hydrogen-bond donors (Lipinski definition) is 2. The number of aromatic hydroxyl groups is 2. The van der Waals surface area contributed by atoms with Crippen molar-refractivity contribution in [1.82, 2.24) is 4.90 Å². The molecular formula is C20H23NO4. The molecule has 0 spiro atoms. The van der Waals surface area contributed by atoms with Crippen LogP contribution in [0, 0.1) is 0 Å². The molecule has 0 fully saturated rings. The van der Waals surface area contributed by atoms with E-state index in [0.717, 1.165) is 36.1 Å². The highest BCUT2D eigenvalue weighted by Gasteiger charge is 2.34. The lowest BCUT2D eigenvalue weighted by molar-refractivity contribution is -0.137. The Balaban J connectivity index is 0.000000324. The largest absolute Gasteiger partial charge is 0.504 e. The van der Waals surface area contributed by atoms with Crippen molar-refractivity contribution in [1.29, 1.82) is 0 Å². The number of benzene rings is 2. The number of likely N-dealkylation sites (N-methyl/N-ethyl adjacent to an activating group) is 1. The van der Waals surface area contributed by atoms with Crippen LogP contribution >= 0.6 is 0 Å². The molecule has 4 rings (SSSR count). The van der Waals surface area contributed by atoms with Crippen molar-refractivity contribution in [2.75, 3.05) is 20.7 Å². The van der Waals surface area contributed by atoms with Crippen LogP contribution in [0.5, 0.6) is 11.5 Å². The van der Waals surface area contributed by atoms with Gasteiger partial charge in [0.2, 0.25) is 0 Å². The van der Waals surface area contributed by atoms with Crippen molar-refractivity contribution in [3.8, 4) is 22.6 Å². The van der Waals surface area contributed by atoms with Gasteiger partial charge in [-0.2, -0.15) is 0 Å². The minimum Gasteiger partial charge on any atom is -0.504 e. The van der Waals surface area contributed by atoms with Gasteiger partial charge in [-0.3, -0.25) is 9.69 Å². The van der Waals surface area contributed by atoms with Gasteiger partial charge in [0, 0.05) is 25.1 Å².